The third-order valence-electron chi connectivity index (χ3n) is 1.42. The van der Waals surface area contributed by atoms with Crippen LogP contribution in [0, 0.1) is 5.92 Å². The Kier molecular flexibility index (Phi) is 4.65. The Morgan fingerprint density at radius 1 is 1.40 bits per heavy atom. The Bertz CT molecular complexity index is 147. The first kappa shape index (κ1) is 9.22. The molecule has 0 aliphatic rings. The molecule has 0 atom stereocenters. The lowest BCUT2D eigenvalue weighted by atomic mass is 10.0. The van der Waals surface area contributed by atoms with Gasteiger partial charge >= 0.3 is 0 Å². The van der Waals surface area contributed by atoms with Gasteiger partial charge in [0.1, 0.15) is 0 Å². The third kappa shape index (κ3) is 3.29. The van der Waals surface area contributed by atoms with Crippen molar-refractivity contribution in [2.75, 3.05) is 0 Å². The van der Waals surface area contributed by atoms with Gasteiger partial charge in [-0.2, -0.15) is 0 Å². The van der Waals surface area contributed by atoms with Crippen LogP contribution in [0.25, 0.3) is 0 Å². The molecule has 0 aromatic heterocycles. The van der Waals surface area contributed by atoms with Gasteiger partial charge in [-0.05, 0) is 18.4 Å². The van der Waals surface area contributed by atoms with E-state index in [0.717, 1.165) is 0 Å². The summed E-state index contributed by atoms with van der Waals surface area (Å²) in [4.78, 5) is 0. The van der Waals surface area contributed by atoms with Crippen molar-refractivity contribution in [3.8, 4) is 0 Å². The largest absolute Gasteiger partial charge is 0.0991 e. The summed E-state index contributed by atoms with van der Waals surface area (Å²) in [5.41, 5.74) is 1.36. The maximum Gasteiger partial charge on any atom is -0.0222 e. The van der Waals surface area contributed by atoms with E-state index in [1.807, 2.05) is 6.08 Å². The molecule has 56 valence electrons. The van der Waals surface area contributed by atoms with Gasteiger partial charge in [-0.15, -0.1) is 0 Å². The highest BCUT2D eigenvalue weighted by Crippen LogP contribution is 2.09. The molecule has 0 amide bonds. The Labute approximate surface area is 64.0 Å². The fraction of sp³-hybridized carbons (Fsp3) is 0.400. The maximum absolute atomic E-state index is 3.61. The zero-order valence-corrected chi connectivity index (χ0v) is 7.09. The van der Waals surface area contributed by atoms with Crippen molar-refractivity contribution < 1.29 is 0 Å². The van der Waals surface area contributed by atoms with E-state index >= 15 is 0 Å². The molecule has 0 aliphatic heterocycles. The monoisotopic (exact) mass is 136 g/mol. The fourth-order valence-electron chi connectivity index (χ4n) is 0.801. The quantitative estimate of drug-likeness (QED) is 0.522. The van der Waals surface area contributed by atoms with Gasteiger partial charge in [0.15, 0.2) is 0 Å². The van der Waals surface area contributed by atoms with Gasteiger partial charge in [0.25, 0.3) is 0 Å². The Morgan fingerprint density at radius 2 is 2.00 bits per heavy atom. The second kappa shape index (κ2) is 5.04. The summed E-state index contributed by atoms with van der Waals surface area (Å²) in [5, 5.41) is 0. The lowest BCUT2D eigenvalue weighted by Crippen LogP contribution is -1.88. The number of hydrogen-bond acceptors (Lipinski definition) is 0. The molecule has 0 N–H and O–H groups in total. The molecule has 0 rings (SSSR count). The topological polar surface area (TPSA) is 0 Å². The van der Waals surface area contributed by atoms with Crippen LogP contribution in [-0.2, 0) is 0 Å². The molecule has 0 unspecified atom stereocenters. The van der Waals surface area contributed by atoms with Gasteiger partial charge in [0.2, 0.25) is 0 Å². The average molecular weight is 136 g/mol. The predicted octanol–water partition coefficient (Wildman–Crippen LogP) is 3.33. The smallest absolute Gasteiger partial charge is 0.0222 e. The normalized spacial score (nSPS) is 13.0. The van der Waals surface area contributed by atoms with Crippen LogP contribution in [0.2, 0.25) is 0 Å². The Morgan fingerprint density at radius 3 is 2.30 bits per heavy atom. The van der Waals surface area contributed by atoms with Crippen molar-refractivity contribution in [1.29, 1.82) is 0 Å². The first-order valence-corrected chi connectivity index (χ1v) is 3.67. The van der Waals surface area contributed by atoms with Crippen molar-refractivity contribution in [2.24, 2.45) is 5.92 Å². The molecule has 0 aromatic carbocycles. The number of allylic oxidation sites excluding steroid dienone is 5. The zero-order valence-electron chi connectivity index (χ0n) is 7.09. The third-order valence-corrected chi connectivity index (χ3v) is 1.42. The molecular formula is C10H16. The maximum atomic E-state index is 3.61. The Balaban J connectivity index is 4.10. The van der Waals surface area contributed by atoms with Gasteiger partial charge in [-0.25, -0.2) is 0 Å². The highest BCUT2D eigenvalue weighted by molar-refractivity contribution is 5.22. The summed E-state index contributed by atoms with van der Waals surface area (Å²) in [7, 11) is 0. The second-order valence-corrected chi connectivity index (χ2v) is 2.54. The first-order chi connectivity index (χ1) is 4.72. The van der Waals surface area contributed by atoms with Crippen LogP contribution in [0.5, 0.6) is 0 Å². The van der Waals surface area contributed by atoms with E-state index in [9.17, 15) is 0 Å². The molecular weight excluding hydrogens is 120 g/mol. The van der Waals surface area contributed by atoms with E-state index in [-0.39, 0.29) is 0 Å². The standard InChI is InChI=1S/C10H16/c1-5-7-8-10(6-2)9(3)4/h5-9H,1H2,2-4H3. The van der Waals surface area contributed by atoms with E-state index < -0.39 is 0 Å². The molecule has 0 heteroatoms. The molecule has 0 nitrogen and oxygen atoms in total. The van der Waals surface area contributed by atoms with Crippen molar-refractivity contribution in [3.05, 3.63) is 36.5 Å². The molecule has 0 aromatic rings. The zero-order chi connectivity index (χ0) is 7.98. The van der Waals surface area contributed by atoms with Crippen LogP contribution in [0.15, 0.2) is 36.5 Å². The Hall–Kier alpha value is -0.780. The van der Waals surface area contributed by atoms with Crippen LogP contribution in [0.4, 0.5) is 0 Å². The van der Waals surface area contributed by atoms with Gasteiger partial charge < -0.3 is 0 Å². The average Bonchev–Trinajstić information content (AvgIpc) is 1.89. The highest BCUT2D eigenvalue weighted by atomic mass is 14.0. The van der Waals surface area contributed by atoms with E-state index in [2.05, 4.69) is 39.5 Å². The van der Waals surface area contributed by atoms with E-state index in [4.69, 9.17) is 0 Å². The second-order valence-electron chi connectivity index (χ2n) is 2.54. The highest BCUT2D eigenvalue weighted by Gasteiger charge is 1.94. The minimum Gasteiger partial charge on any atom is -0.0991 e. The van der Waals surface area contributed by atoms with E-state index in [1.54, 1.807) is 6.08 Å². The molecule has 0 aliphatic carbocycles. The number of hydrogen-bond donors (Lipinski definition) is 0. The van der Waals surface area contributed by atoms with Gasteiger partial charge in [0.05, 0.1) is 0 Å². The van der Waals surface area contributed by atoms with Crippen molar-refractivity contribution >= 4 is 0 Å². The van der Waals surface area contributed by atoms with Gasteiger partial charge in [-0.3, -0.25) is 0 Å². The molecule has 0 saturated carbocycles. The van der Waals surface area contributed by atoms with Crippen LogP contribution in [0.3, 0.4) is 0 Å². The molecule has 0 radical (unpaired) electrons. The molecule has 10 heavy (non-hydrogen) atoms. The molecule has 0 bridgehead atoms. The summed E-state index contributed by atoms with van der Waals surface area (Å²) in [5.74, 6) is 0.612. The van der Waals surface area contributed by atoms with E-state index in [1.165, 1.54) is 5.57 Å². The molecule has 0 heterocycles. The fourth-order valence-corrected chi connectivity index (χ4v) is 0.801. The molecule has 0 fully saturated rings. The summed E-state index contributed by atoms with van der Waals surface area (Å²) in [6.45, 7) is 10.0. The van der Waals surface area contributed by atoms with Crippen molar-refractivity contribution in [1.82, 2.24) is 0 Å². The van der Waals surface area contributed by atoms with E-state index in [0.29, 0.717) is 5.92 Å². The summed E-state index contributed by atoms with van der Waals surface area (Å²) in [6, 6.07) is 0. The van der Waals surface area contributed by atoms with Gasteiger partial charge in [-0.1, -0.05) is 44.7 Å². The SMILES string of the molecule is C=CC=CC(=CC)C(C)C. The van der Waals surface area contributed by atoms with Crippen LogP contribution in [0.1, 0.15) is 20.8 Å². The van der Waals surface area contributed by atoms with Crippen LogP contribution in [-0.4, -0.2) is 0 Å². The summed E-state index contributed by atoms with van der Waals surface area (Å²) < 4.78 is 0. The van der Waals surface area contributed by atoms with Crippen LogP contribution >= 0.6 is 0 Å². The molecule has 0 spiro atoms. The minimum atomic E-state index is 0.612. The first-order valence-electron chi connectivity index (χ1n) is 3.67. The predicted molar refractivity (Wildman–Crippen MR) is 47.9 cm³/mol. The minimum absolute atomic E-state index is 0.612. The van der Waals surface area contributed by atoms with Crippen molar-refractivity contribution in [2.45, 2.75) is 20.8 Å². The van der Waals surface area contributed by atoms with Crippen molar-refractivity contribution in [3.63, 3.8) is 0 Å². The number of rotatable bonds is 3. The van der Waals surface area contributed by atoms with Gasteiger partial charge in [0, 0.05) is 0 Å². The summed E-state index contributed by atoms with van der Waals surface area (Å²) >= 11 is 0. The lowest BCUT2D eigenvalue weighted by Gasteiger charge is -2.03. The molecule has 0 saturated heterocycles. The summed E-state index contributed by atoms with van der Waals surface area (Å²) in [6.07, 6.45) is 7.99. The lowest BCUT2D eigenvalue weighted by molar-refractivity contribution is 0.789. The van der Waals surface area contributed by atoms with Crippen LogP contribution < -0.4 is 0 Å².